The number of carbonyl (C=O) groups excluding carboxylic acids is 1. The van der Waals surface area contributed by atoms with E-state index in [2.05, 4.69) is 4.90 Å². The van der Waals surface area contributed by atoms with Gasteiger partial charge in [-0.3, -0.25) is 4.79 Å². The molecule has 0 bridgehead atoms. The van der Waals surface area contributed by atoms with Gasteiger partial charge in [-0.1, -0.05) is 19.3 Å². The molecule has 0 radical (unpaired) electrons. The molecule has 2 aliphatic carbocycles. The predicted molar refractivity (Wildman–Crippen MR) is 72.4 cm³/mol. The summed E-state index contributed by atoms with van der Waals surface area (Å²) in [7, 11) is 1.63. The molecule has 2 saturated carbocycles. The molecule has 0 aromatic rings. The van der Waals surface area contributed by atoms with Gasteiger partial charge in [-0.05, 0) is 45.4 Å². The summed E-state index contributed by atoms with van der Waals surface area (Å²) in [5, 5.41) is 0. The molecule has 2 aliphatic rings. The molecule has 2 fully saturated rings. The Labute approximate surface area is 111 Å². The van der Waals surface area contributed by atoms with Crippen molar-refractivity contribution in [1.82, 2.24) is 4.90 Å². The first-order valence-corrected chi connectivity index (χ1v) is 7.41. The molecule has 3 nitrogen and oxygen atoms in total. The van der Waals surface area contributed by atoms with Gasteiger partial charge in [-0.25, -0.2) is 0 Å². The van der Waals surface area contributed by atoms with Gasteiger partial charge in [0.15, 0.2) is 0 Å². The summed E-state index contributed by atoms with van der Waals surface area (Å²) >= 11 is 0. The zero-order chi connectivity index (χ0) is 13.2. The molecule has 3 heteroatoms. The quantitative estimate of drug-likeness (QED) is 0.754. The van der Waals surface area contributed by atoms with E-state index in [4.69, 9.17) is 4.74 Å². The van der Waals surface area contributed by atoms with Crippen LogP contribution in [0.2, 0.25) is 0 Å². The second kappa shape index (κ2) is 5.60. The van der Waals surface area contributed by atoms with Gasteiger partial charge in [0.25, 0.3) is 5.91 Å². The fourth-order valence-corrected chi connectivity index (χ4v) is 2.87. The van der Waals surface area contributed by atoms with Crippen LogP contribution in [-0.4, -0.2) is 36.1 Å². The van der Waals surface area contributed by atoms with Crippen LogP contribution in [0.5, 0.6) is 0 Å². The lowest BCUT2D eigenvalue weighted by molar-refractivity contribution is -0.152. The standard InChI is InChI=1S/C15H27NO2/c1-15(2,18-3)14(17)16(13-9-10-13)11-12-7-5-4-6-8-12/h12-13H,4-11H2,1-3H3. The van der Waals surface area contributed by atoms with Crippen LogP contribution in [0.25, 0.3) is 0 Å². The van der Waals surface area contributed by atoms with Crippen LogP contribution < -0.4 is 0 Å². The monoisotopic (exact) mass is 253 g/mol. The first kappa shape index (κ1) is 13.9. The molecule has 0 aromatic carbocycles. The molecule has 0 saturated heterocycles. The highest BCUT2D eigenvalue weighted by atomic mass is 16.5. The molecule has 0 N–H and O–H groups in total. The van der Waals surface area contributed by atoms with E-state index in [1.807, 2.05) is 13.8 Å². The second-order valence-corrected chi connectivity index (χ2v) is 6.41. The molecule has 18 heavy (non-hydrogen) atoms. The number of nitrogens with zero attached hydrogens (tertiary/aromatic N) is 1. The third kappa shape index (κ3) is 3.25. The Morgan fingerprint density at radius 3 is 2.28 bits per heavy atom. The van der Waals surface area contributed by atoms with Gasteiger partial charge < -0.3 is 9.64 Å². The summed E-state index contributed by atoms with van der Waals surface area (Å²) in [5.41, 5.74) is -0.669. The third-order valence-corrected chi connectivity index (χ3v) is 4.45. The Morgan fingerprint density at radius 2 is 1.78 bits per heavy atom. The molecular formula is C15H27NO2. The van der Waals surface area contributed by atoms with E-state index in [1.54, 1.807) is 7.11 Å². The normalized spacial score (nSPS) is 21.9. The van der Waals surface area contributed by atoms with Crippen LogP contribution in [0, 0.1) is 5.92 Å². The van der Waals surface area contributed by atoms with Gasteiger partial charge in [0.1, 0.15) is 5.60 Å². The fourth-order valence-electron chi connectivity index (χ4n) is 2.87. The molecular weight excluding hydrogens is 226 g/mol. The maximum absolute atomic E-state index is 12.6. The number of ether oxygens (including phenoxy) is 1. The average Bonchev–Trinajstić information content (AvgIpc) is 3.20. The van der Waals surface area contributed by atoms with Crippen molar-refractivity contribution in [3.05, 3.63) is 0 Å². The first-order chi connectivity index (χ1) is 8.54. The SMILES string of the molecule is COC(C)(C)C(=O)N(CC1CCCCC1)C1CC1. The predicted octanol–water partition coefficient (Wildman–Crippen LogP) is 2.98. The molecule has 0 aliphatic heterocycles. The minimum absolute atomic E-state index is 0.179. The zero-order valence-corrected chi connectivity index (χ0v) is 12.1. The average molecular weight is 253 g/mol. The summed E-state index contributed by atoms with van der Waals surface area (Å²) in [4.78, 5) is 14.7. The van der Waals surface area contributed by atoms with Crippen molar-refractivity contribution in [3.8, 4) is 0 Å². The molecule has 0 aromatic heterocycles. The third-order valence-electron chi connectivity index (χ3n) is 4.45. The lowest BCUT2D eigenvalue weighted by Gasteiger charge is -2.34. The van der Waals surface area contributed by atoms with E-state index in [9.17, 15) is 4.79 Å². The Morgan fingerprint density at radius 1 is 1.17 bits per heavy atom. The van der Waals surface area contributed by atoms with Gasteiger partial charge >= 0.3 is 0 Å². The van der Waals surface area contributed by atoms with E-state index < -0.39 is 5.60 Å². The van der Waals surface area contributed by atoms with Crippen LogP contribution in [-0.2, 0) is 9.53 Å². The Hall–Kier alpha value is -0.570. The van der Waals surface area contributed by atoms with Crippen LogP contribution in [0.3, 0.4) is 0 Å². The van der Waals surface area contributed by atoms with Crippen LogP contribution >= 0.6 is 0 Å². The first-order valence-electron chi connectivity index (χ1n) is 7.41. The highest BCUT2D eigenvalue weighted by Crippen LogP contribution is 2.33. The van der Waals surface area contributed by atoms with Crippen molar-refractivity contribution in [2.24, 2.45) is 5.92 Å². The molecule has 0 unspecified atom stereocenters. The van der Waals surface area contributed by atoms with E-state index in [1.165, 1.54) is 44.9 Å². The van der Waals surface area contributed by atoms with Crippen molar-refractivity contribution in [2.75, 3.05) is 13.7 Å². The lowest BCUT2D eigenvalue weighted by Crippen LogP contribution is -2.49. The van der Waals surface area contributed by atoms with Crippen molar-refractivity contribution in [1.29, 1.82) is 0 Å². The fraction of sp³-hybridized carbons (Fsp3) is 0.933. The highest BCUT2D eigenvalue weighted by Gasteiger charge is 2.40. The summed E-state index contributed by atoms with van der Waals surface area (Å²) in [5.74, 6) is 0.897. The van der Waals surface area contributed by atoms with Gasteiger partial charge in [0.05, 0.1) is 0 Å². The molecule has 0 heterocycles. The number of rotatable bonds is 5. The molecule has 2 rings (SSSR count). The van der Waals surface area contributed by atoms with Gasteiger partial charge in [-0.2, -0.15) is 0 Å². The maximum atomic E-state index is 12.6. The van der Waals surface area contributed by atoms with Gasteiger partial charge in [0, 0.05) is 19.7 Å². The van der Waals surface area contributed by atoms with E-state index in [-0.39, 0.29) is 5.91 Å². The van der Waals surface area contributed by atoms with Crippen molar-refractivity contribution in [3.63, 3.8) is 0 Å². The van der Waals surface area contributed by atoms with Crippen molar-refractivity contribution < 1.29 is 9.53 Å². The van der Waals surface area contributed by atoms with Crippen LogP contribution in [0.15, 0.2) is 0 Å². The van der Waals surface area contributed by atoms with Crippen molar-refractivity contribution >= 4 is 5.91 Å². The smallest absolute Gasteiger partial charge is 0.254 e. The number of hydrogen-bond acceptors (Lipinski definition) is 2. The lowest BCUT2D eigenvalue weighted by atomic mass is 9.88. The maximum Gasteiger partial charge on any atom is 0.254 e. The summed E-state index contributed by atoms with van der Waals surface area (Å²) in [6.07, 6.45) is 9.00. The van der Waals surface area contributed by atoms with Gasteiger partial charge in [-0.15, -0.1) is 0 Å². The summed E-state index contributed by atoms with van der Waals surface area (Å²) in [6, 6.07) is 0.494. The van der Waals surface area contributed by atoms with Crippen LogP contribution in [0.4, 0.5) is 0 Å². The topological polar surface area (TPSA) is 29.5 Å². The molecule has 1 amide bonds. The number of amides is 1. The number of methoxy groups -OCH3 is 1. The highest BCUT2D eigenvalue weighted by molar-refractivity contribution is 5.85. The minimum Gasteiger partial charge on any atom is -0.369 e. The zero-order valence-electron chi connectivity index (χ0n) is 12.1. The molecule has 104 valence electrons. The molecule has 0 atom stereocenters. The summed E-state index contributed by atoms with van der Waals surface area (Å²) in [6.45, 7) is 4.72. The summed E-state index contributed by atoms with van der Waals surface area (Å²) < 4.78 is 5.36. The van der Waals surface area contributed by atoms with Gasteiger partial charge in [0.2, 0.25) is 0 Å². The second-order valence-electron chi connectivity index (χ2n) is 6.41. The largest absolute Gasteiger partial charge is 0.369 e. The minimum atomic E-state index is -0.669. The van der Waals surface area contributed by atoms with E-state index in [0.29, 0.717) is 6.04 Å². The number of hydrogen-bond donors (Lipinski definition) is 0. The van der Waals surface area contributed by atoms with Crippen molar-refractivity contribution in [2.45, 2.75) is 70.4 Å². The molecule has 0 spiro atoms. The van der Waals surface area contributed by atoms with Crippen LogP contribution in [0.1, 0.15) is 58.8 Å². The Kier molecular flexibility index (Phi) is 4.31. The number of carbonyl (C=O) groups is 1. The van der Waals surface area contributed by atoms with E-state index in [0.717, 1.165) is 12.5 Å². The Balaban J connectivity index is 1.97. The van der Waals surface area contributed by atoms with E-state index >= 15 is 0 Å². The Bertz CT molecular complexity index is 291.